The monoisotopic (exact) mass is 309 g/mol. The standard InChI is InChI=1S/C13H27NO5S/c1-2-3-4-17-5-6-18-7-8-19-9-10-20-11-12(14)13(15)16/h12H,2-11,14H2,1H3,(H,15,16)/t12-/m1/s1. The molecule has 0 heterocycles. The summed E-state index contributed by atoms with van der Waals surface area (Å²) in [4.78, 5) is 10.5. The van der Waals surface area contributed by atoms with Crippen molar-refractivity contribution in [3.8, 4) is 0 Å². The van der Waals surface area contributed by atoms with Crippen LogP contribution in [0.2, 0.25) is 0 Å². The number of carboxylic acids is 1. The molecule has 120 valence electrons. The maximum Gasteiger partial charge on any atom is 0.321 e. The van der Waals surface area contributed by atoms with Crippen LogP contribution in [0.4, 0.5) is 0 Å². The molecule has 0 aliphatic rings. The molecule has 0 radical (unpaired) electrons. The number of carboxylic acid groups (broad SMARTS) is 1. The van der Waals surface area contributed by atoms with Crippen LogP contribution in [0, 0.1) is 0 Å². The topological polar surface area (TPSA) is 91.0 Å². The fraction of sp³-hybridized carbons (Fsp3) is 0.923. The second-order valence-electron chi connectivity index (χ2n) is 4.21. The van der Waals surface area contributed by atoms with E-state index in [0.29, 0.717) is 38.8 Å². The first kappa shape index (κ1) is 19.7. The highest BCUT2D eigenvalue weighted by molar-refractivity contribution is 7.99. The van der Waals surface area contributed by atoms with Crippen molar-refractivity contribution in [2.45, 2.75) is 25.8 Å². The first-order chi connectivity index (χ1) is 9.68. The summed E-state index contributed by atoms with van der Waals surface area (Å²) in [6, 6.07) is -0.795. The third-order valence-corrected chi connectivity index (χ3v) is 3.42. The van der Waals surface area contributed by atoms with Gasteiger partial charge in [0, 0.05) is 18.1 Å². The number of aliphatic carboxylic acids is 1. The number of nitrogens with two attached hydrogens (primary N) is 1. The van der Waals surface area contributed by atoms with Crippen molar-refractivity contribution in [3.05, 3.63) is 0 Å². The predicted molar refractivity (Wildman–Crippen MR) is 80.3 cm³/mol. The predicted octanol–water partition coefficient (Wildman–Crippen LogP) is 0.981. The van der Waals surface area contributed by atoms with Crippen LogP contribution >= 0.6 is 11.8 Å². The highest BCUT2D eigenvalue weighted by Crippen LogP contribution is 2.01. The molecule has 3 N–H and O–H groups in total. The molecule has 0 spiro atoms. The van der Waals surface area contributed by atoms with E-state index in [-0.39, 0.29) is 0 Å². The van der Waals surface area contributed by atoms with Crippen LogP contribution in [-0.4, -0.2) is 68.3 Å². The van der Waals surface area contributed by atoms with E-state index in [1.807, 2.05) is 0 Å². The molecule has 0 fully saturated rings. The Morgan fingerprint density at radius 3 is 2.20 bits per heavy atom. The van der Waals surface area contributed by atoms with E-state index in [1.54, 1.807) is 0 Å². The summed E-state index contributed by atoms with van der Waals surface area (Å²) < 4.78 is 16.0. The molecule has 20 heavy (non-hydrogen) atoms. The lowest BCUT2D eigenvalue weighted by Crippen LogP contribution is -2.32. The zero-order valence-electron chi connectivity index (χ0n) is 12.2. The quantitative estimate of drug-likeness (QED) is 0.436. The molecule has 0 saturated carbocycles. The van der Waals surface area contributed by atoms with Gasteiger partial charge < -0.3 is 25.1 Å². The number of ether oxygens (including phenoxy) is 3. The second kappa shape index (κ2) is 15.1. The van der Waals surface area contributed by atoms with E-state index in [1.165, 1.54) is 11.8 Å². The summed E-state index contributed by atoms with van der Waals surface area (Å²) in [5.74, 6) is 0.179. The Labute approximate surface area is 125 Å². The zero-order valence-corrected chi connectivity index (χ0v) is 13.0. The minimum atomic E-state index is -0.965. The van der Waals surface area contributed by atoms with Gasteiger partial charge in [0.25, 0.3) is 0 Å². The first-order valence-corrected chi connectivity index (χ1v) is 8.13. The molecule has 0 aromatic rings. The molecule has 6 nitrogen and oxygen atoms in total. The minimum absolute atomic E-state index is 0.407. The van der Waals surface area contributed by atoms with Crippen molar-refractivity contribution in [3.63, 3.8) is 0 Å². The molecule has 0 aliphatic heterocycles. The van der Waals surface area contributed by atoms with Crippen molar-refractivity contribution in [2.75, 3.05) is 51.1 Å². The Balaban J connectivity index is 3.04. The second-order valence-corrected chi connectivity index (χ2v) is 5.36. The van der Waals surface area contributed by atoms with E-state index >= 15 is 0 Å². The van der Waals surface area contributed by atoms with Gasteiger partial charge in [0.05, 0.1) is 33.0 Å². The van der Waals surface area contributed by atoms with Crippen LogP contribution in [-0.2, 0) is 19.0 Å². The van der Waals surface area contributed by atoms with Crippen LogP contribution in [0.25, 0.3) is 0 Å². The lowest BCUT2D eigenvalue weighted by molar-refractivity contribution is -0.137. The molecular formula is C13H27NO5S. The molecular weight excluding hydrogens is 282 g/mol. The zero-order chi connectivity index (χ0) is 15.1. The average molecular weight is 309 g/mol. The Morgan fingerprint density at radius 2 is 1.65 bits per heavy atom. The summed E-state index contributed by atoms with van der Waals surface area (Å²) in [6.45, 7) is 5.82. The van der Waals surface area contributed by atoms with Gasteiger partial charge in [0.2, 0.25) is 0 Å². The number of hydrogen-bond acceptors (Lipinski definition) is 6. The minimum Gasteiger partial charge on any atom is -0.480 e. The van der Waals surface area contributed by atoms with Gasteiger partial charge in [0.15, 0.2) is 0 Å². The molecule has 0 bridgehead atoms. The van der Waals surface area contributed by atoms with E-state index in [4.69, 9.17) is 25.1 Å². The highest BCUT2D eigenvalue weighted by atomic mass is 32.2. The Hall–Kier alpha value is -0.340. The summed E-state index contributed by atoms with van der Waals surface area (Å²) in [5.41, 5.74) is 5.36. The molecule has 0 aromatic carbocycles. The van der Waals surface area contributed by atoms with Gasteiger partial charge in [-0.15, -0.1) is 0 Å². The largest absolute Gasteiger partial charge is 0.480 e. The van der Waals surface area contributed by atoms with Gasteiger partial charge in [-0.05, 0) is 6.42 Å². The van der Waals surface area contributed by atoms with E-state index < -0.39 is 12.0 Å². The fourth-order valence-electron chi connectivity index (χ4n) is 1.19. The Morgan fingerprint density at radius 1 is 1.10 bits per heavy atom. The molecule has 7 heteroatoms. The van der Waals surface area contributed by atoms with Crippen molar-refractivity contribution >= 4 is 17.7 Å². The summed E-state index contributed by atoms with van der Waals surface area (Å²) in [6.07, 6.45) is 2.23. The van der Waals surface area contributed by atoms with E-state index in [2.05, 4.69) is 6.92 Å². The Kier molecular flexibility index (Phi) is 14.8. The molecule has 0 saturated heterocycles. The van der Waals surface area contributed by atoms with Gasteiger partial charge >= 0.3 is 5.97 Å². The van der Waals surface area contributed by atoms with E-state index in [9.17, 15) is 4.79 Å². The Bertz CT molecular complexity index is 231. The molecule has 0 amide bonds. The number of carbonyl (C=O) groups is 1. The maximum absolute atomic E-state index is 10.5. The summed E-state index contributed by atoms with van der Waals surface area (Å²) in [7, 11) is 0. The van der Waals surface area contributed by atoms with Crippen LogP contribution < -0.4 is 5.73 Å². The number of rotatable bonds is 15. The van der Waals surface area contributed by atoms with Crippen molar-refractivity contribution in [1.82, 2.24) is 0 Å². The van der Waals surface area contributed by atoms with Gasteiger partial charge in [0.1, 0.15) is 6.04 Å². The number of hydrogen-bond donors (Lipinski definition) is 2. The third-order valence-electron chi connectivity index (χ3n) is 2.37. The highest BCUT2D eigenvalue weighted by Gasteiger charge is 2.10. The summed E-state index contributed by atoms with van der Waals surface area (Å²) >= 11 is 1.48. The molecule has 1 atom stereocenters. The maximum atomic E-state index is 10.5. The van der Waals surface area contributed by atoms with Crippen LogP contribution in [0.3, 0.4) is 0 Å². The first-order valence-electron chi connectivity index (χ1n) is 6.97. The average Bonchev–Trinajstić information content (AvgIpc) is 2.43. The molecule has 0 aromatic heterocycles. The van der Waals surface area contributed by atoms with Gasteiger partial charge in [-0.3, -0.25) is 4.79 Å². The fourth-order valence-corrected chi connectivity index (χ4v) is 1.99. The molecule has 0 aliphatic carbocycles. The van der Waals surface area contributed by atoms with Gasteiger partial charge in [-0.25, -0.2) is 0 Å². The van der Waals surface area contributed by atoms with Crippen molar-refractivity contribution < 1.29 is 24.1 Å². The normalized spacial score (nSPS) is 12.5. The lowest BCUT2D eigenvalue weighted by atomic mass is 10.4. The SMILES string of the molecule is CCCCOCCOCCOCCSC[C@@H](N)C(=O)O. The van der Waals surface area contributed by atoms with Gasteiger partial charge in [-0.1, -0.05) is 13.3 Å². The number of unbranched alkanes of at least 4 members (excludes halogenated alkanes) is 1. The third kappa shape index (κ3) is 14.1. The van der Waals surface area contributed by atoms with Crippen LogP contribution in [0.5, 0.6) is 0 Å². The number of thioether (sulfide) groups is 1. The molecule has 0 unspecified atom stereocenters. The molecule has 0 rings (SSSR count). The van der Waals surface area contributed by atoms with Crippen molar-refractivity contribution in [2.24, 2.45) is 5.73 Å². The van der Waals surface area contributed by atoms with Gasteiger partial charge in [-0.2, -0.15) is 11.8 Å². The van der Waals surface area contributed by atoms with E-state index in [0.717, 1.165) is 25.2 Å². The summed E-state index contributed by atoms with van der Waals surface area (Å²) in [5, 5.41) is 8.58. The van der Waals surface area contributed by atoms with Crippen LogP contribution in [0.15, 0.2) is 0 Å². The van der Waals surface area contributed by atoms with Crippen molar-refractivity contribution in [1.29, 1.82) is 0 Å². The smallest absolute Gasteiger partial charge is 0.321 e. The van der Waals surface area contributed by atoms with Crippen LogP contribution in [0.1, 0.15) is 19.8 Å². The lowest BCUT2D eigenvalue weighted by Gasteiger charge is -2.07.